The van der Waals surface area contributed by atoms with Gasteiger partial charge in [-0.2, -0.15) is 0 Å². The molecule has 1 amide bonds. The Morgan fingerprint density at radius 3 is 2.73 bits per heavy atom. The molecular weight excluding hydrogens is 310 g/mol. The number of benzene rings is 1. The molecule has 2 N–H and O–H groups in total. The van der Waals surface area contributed by atoms with Gasteiger partial charge in [-0.25, -0.2) is 0 Å². The number of hydrogen-bond donors (Lipinski definition) is 2. The summed E-state index contributed by atoms with van der Waals surface area (Å²) < 4.78 is 4.94. The maximum Gasteiger partial charge on any atom is 0.311 e. The molecule has 1 saturated heterocycles. The van der Waals surface area contributed by atoms with Crippen LogP contribution in [0.4, 0.5) is 5.69 Å². The van der Waals surface area contributed by atoms with Crippen molar-refractivity contribution in [3.63, 3.8) is 0 Å². The normalized spacial score (nSPS) is 15.2. The van der Waals surface area contributed by atoms with Crippen LogP contribution in [0.15, 0.2) is 18.2 Å². The van der Waals surface area contributed by atoms with Crippen LogP contribution >= 0.6 is 12.4 Å². The number of amides is 1. The fourth-order valence-electron chi connectivity index (χ4n) is 2.22. The van der Waals surface area contributed by atoms with E-state index in [-0.39, 0.29) is 42.2 Å². The lowest BCUT2D eigenvalue weighted by molar-refractivity contribution is -0.385. The van der Waals surface area contributed by atoms with Crippen molar-refractivity contribution in [3.8, 4) is 5.75 Å². The highest BCUT2D eigenvalue weighted by Crippen LogP contribution is 2.27. The van der Waals surface area contributed by atoms with Gasteiger partial charge < -0.3 is 15.4 Å². The molecule has 8 heteroatoms. The Bertz CT molecular complexity index is 549. The summed E-state index contributed by atoms with van der Waals surface area (Å²) >= 11 is 0. The van der Waals surface area contributed by atoms with Crippen molar-refractivity contribution in [2.75, 3.05) is 20.2 Å². The molecule has 1 aromatic carbocycles. The third kappa shape index (κ3) is 4.08. The number of nitro benzene ring substituents is 1. The van der Waals surface area contributed by atoms with E-state index in [4.69, 9.17) is 4.74 Å². The number of carbonyl (C=O) groups excluding carboxylic acids is 1. The SMILES string of the molecule is COc1ccc(CNC(=O)C(C)C2CNC2)cc1[N+](=O)[O-].Cl. The molecule has 1 unspecified atom stereocenters. The second kappa shape index (κ2) is 7.95. The van der Waals surface area contributed by atoms with Crippen molar-refractivity contribution in [3.05, 3.63) is 33.9 Å². The third-order valence-electron chi connectivity index (χ3n) is 3.84. The molecule has 1 fully saturated rings. The topological polar surface area (TPSA) is 93.5 Å². The highest BCUT2D eigenvalue weighted by molar-refractivity contribution is 5.85. The van der Waals surface area contributed by atoms with Gasteiger partial charge in [0.05, 0.1) is 12.0 Å². The van der Waals surface area contributed by atoms with Crippen LogP contribution in [-0.4, -0.2) is 31.0 Å². The third-order valence-corrected chi connectivity index (χ3v) is 3.84. The Labute approximate surface area is 135 Å². The summed E-state index contributed by atoms with van der Waals surface area (Å²) in [5.41, 5.74) is 0.579. The van der Waals surface area contributed by atoms with E-state index in [9.17, 15) is 14.9 Å². The summed E-state index contributed by atoms with van der Waals surface area (Å²) in [6.07, 6.45) is 0. The largest absolute Gasteiger partial charge is 0.490 e. The molecule has 0 bridgehead atoms. The van der Waals surface area contributed by atoms with E-state index in [1.165, 1.54) is 13.2 Å². The maximum atomic E-state index is 12.0. The van der Waals surface area contributed by atoms with Crippen molar-refractivity contribution in [2.45, 2.75) is 13.5 Å². The first-order valence-electron chi connectivity index (χ1n) is 6.82. The van der Waals surface area contributed by atoms with Crippen LogP contribution in [-0.2, 0) is 11.3 Å². The van der Waals surface area contributed by atoms with Gasteiger partial charge in [0.2, 0.25) is 5.91 Å². The lowest BCUT2D eigenvalue weighted by Crippen LogP contribution is -2.49. The van der Waals surface area contributed by atoms with Gasteiger partial charge in [0.25, 0.3) is 0 Å². The molecule has 0 aliphatic carbocycles. The van der Waals surface area contributed by atoms with Crippen molar-refractivity contribution >= 4 is 24.0 Å². The summed E-state index contributed by atoms with van der Waals surface area (Å²) in [7, 11) is 1.39. The van der Waals surface area contributed by atoms with E-state index in [2.05, 4.69) is 10.6 Å². The number of halogens is 1. The fourth-order valence-corrected chi connectivity index (χ4v) is 2.22. The van der Waals surface area contributed by atoms with Crippen LogP contribution in [0.25, 0.3) is 0 Å². The average molecular weight is 330 g/mol. The molecule has 0 aromatic heterocycles. The van der Waals surface area contributed by atoms with Crippen LogP contribution in [0, 0.1) is 22.0 Å². The Morgan fingerprint density at radius 2 is 2.23 bits per heavy atom. The summed E-state index contributed by atoms with van der Waals surface area (Å²) in [5.74, 6) is 0.499. The molecule has 0 spiro atoms. The van der Waals surface area contributed by atoms with E-state index >= 15 is 0 Å². The van der Waals surface area contributed by atoms with Gasteiger partial charge in [-0.05, 0) is 30.6 Å². The lowest BCUT2D eigenvalue weighted by atomic mass is 9.88. The molecule has 7 nitrogen and oxygen atoms in total. The quantitative estimate of drug-likeness (QED) is 0.609. The van der Waals surface area contributed by atoms with Crippen molar-refractivity contribution in [1.82, 2.24) is 10.6 Å². The van der Waals surface area contributed by atoms with Gasteiger partial charge in [-0.15, -0.1) is 12.4 Å². The monoisotopic (exact) mass is 329 g/mol. The smallest absolute Gasteiger partial charge is 0.311 e. The number of nitro groups is 1. The molecule has 122 valence electrons. The number of nitrogens with zero attached hydrogens (tertiary/aromatic N) is 1. The highest BCUT2D eigenvalue weighted by atomic mass is 35.5. The number of carbonyl (C=O) groups is 1. The van der Waals surface area contributed by atoms with Crippen LogP contribution < -0.4 is 15.4 Å². The van der Waals surface area contributed by atoms with Gasteiger partial charge in [0, 0.05) is 18.5 Å². The van der Waals surface area contributed by atoms with Crippen molar-refractivity contribution in [2.24, 2.45) is 11.8 Å². The first-order valence-corrected chi connectivity index (χ1v) is 6.82. The Kier molecular flexibility index (Phi) is 6.58. The maximum absolute atomic E-state index is 12.0. The molecule has 1 heterocycles. The molecule has 22 heavy (non-hydrogen) atoms. The molecule has 1 aliphatic heterocycles. The highest BCUT2D eigenvalue weighted by Gasteiger charge is 2.28. The van der Waals surface area contributed by atoms with Gasteiger partial charge in [-0.3, -0.25) is 14.9 Å². The van der Waals surface area contributed by atoms with E-state index in [0.717, 1.165) is 13.1 Å². The first-order chi connectivity index (χ1) is 10.0. The Morgan fingerprint density at radius 1 is 1.55 bits per heavy atom. The second-order valence-electron chi connectivity index (χ2n) is 5.19. The molecule has 2 rings (SSSR count). The number of ether oxygens (including phenoxy) is 1. The number of nitrogens with one attached hydrogen (secondary N) is 2. The molecular formula is C14H20ClN3O4. The zero-order valence-electron chi connectivity index (χ0n) is 12.5. The van der Waals surface area contributed by atoms with E-state index < -0.39 is 4.92 Å². The van der Waals surface area contributed by atoms with E-state index in [0.29, 0.717) is 11.5 Å². The second-order valence-corrected chi connectivity index (χ2v) is 5.19. The van der Waals surface area contributed by atoms with Gasteiger partial charge in [-0.1, -0.05) is 13.0 Å². The molecule has 0 radical (unpaired) electrons. The van der Waals surface area contributed by atoms with E-state index in [1.807, 2.05) is 6.92 Å². The minimum absolute atomic E-state index is 0. The summed E-state index contributed by atoms with van der Waals surface area (Å²) in [6.45, 7) is 3.90. The summed E-state index contributed by atoms with van der Waals surface area (Å²) in [5, 5.41) is 16.9. The van der Waals surface area contributed by atoms with Crippen LogP contribution in [0.5, 0.6) is 5.75 Å². The molecule has 1 atom stereocenters. The Hall–Kier alpha value is -1.86. The van der Waals surface area contributed by atoms with E-state index in [1.54, 1.807) is 12.1 Å². The van der Waals surface area contributed by atoms with Crippen molar-refractivity contribution < 1.29 is 14.5 Å². The van der Waals surface area contributed by atoms with Crippen LogP contribution in [0.3, 0.4) is 0 Å². The molecule has 1 aliphatic rings. The number of methoxy groups -OCH3 is 1. The summed E-state index contributed by atoms with van der Waals surface area (Å²) in [4.78, 5) is 22.4. The number of hydrogen-bond acceptors (Lipinski definition) is 5. The van der Waals surface area contributed by atoms with Crippen LogP contribution in [0.1, 0.15) is 12.5 Å². The standard InChI is InChI=1S/C14H19N3O4.ClH/c1-9(11-7-15-8-11)14(18)16-6-10-3-4-13(21-2)12(5-10)17(19)20;/h3-5,9,11,15H,6-8H2,1-2H3,(H,16,18);1H. The predicted molar refractivity (Wildman–Crippen MR) is 84.3 cm³/mol. The van der Waals surface area contributed by atoms with Crippen molar-refractivity contribution in [1.29, 1.82) is 0 Å². The predicted octanol–water partition coefficient (Wildman–Crippen LogP) is 1.50. The first kappa shape index (κ1) is 18.2. The minimum Gasteiger partial charge on any atom is -0.490 e. The molecule has 1 aromatic rings. The van der Waals surface area contributed by atoms with Crippen LogP contribution in [0.2, 0.25) is 0 Å². The van der Waals surface area contributed by atoms with Gasteiger partial charge in [0.1, 0.15) is 0 Å². The van der Waals surface area contributed by atoms with Gasteiger partial charge >= 0.3 is 5.69 Å². The fraction of sp³-hybridized carbons (Fsp3) is 0.500. The van der Waals surface area contributed by atoms with Gasteiger partial charge in [0.15, 0.2) is 5.75 Å². The Balaban J connectivity index is 0.00000242. The number of rotatable bonds is 6. The summed E-state index contributed by atoms with van der Waals surface area (Å²) in [6, 6.07) is 4.68. The zero-order chi connectivity index (χ0) is 15.4. The minimum atomic E-state index is -0.493. The lowest BCUT2D eigenvalue weighted by Gasteiger charge is -2.31. The molecule has 0 saturated carbocycles. The average Bonchev–Trinajstić information content (AvgIpc) is 2.42. The zero-order valence-corrected chi connectivity index (χ0v) is 13.3.